The van der Waals surface area contributed by atoms with Crippen molar-refractivity contribution >= 4 is 6.09 Å². The number of fused-ring (bicyclic) bond motifs is 1. The monoisotopic (exact) mass is 337 g/mol. The summed E-state index contributed by atoms with van der Waals surface area (Å²) in [6.07, 6.45) is 8.05. The highest BCUT2D eigenvalue weighted by molar-refractivity contribution is 5.64. The van der Waals surface area contributed by atoms with Crippen LogP contribution in [0, 0.1) is 34.5 Å². The molecule has 2 N–H and O–H groups in total. The fourth-order valence-corrected chi connectivity index (χ4v) is 6.07. The zero-order valence-corrected chi connectivity index (χ0v) is 16.7. The standard InChI is InChI=1S/C21H39NO2/c1-7-14(2)9-10-16-15(3)17(24-19(22)23)13-18-20(4,5)11-8-12-21(16,18)6/h14-18H,7-13H2,1-6H3,(H2,22,23)/t14-,15-,16+,17+,18+,21-/m1/s1. The second kappa shape index (κ2) is 7.25. The molecule has 0 aromatic rings. The number of amides is 1. The molecule has 0 heterocycles. The highest BCUT2D eigenvalue weighted by atomic mass is 16.6. The number of nitrogens with two attached hydrogens (primary N) is 1. The van der Waals surface area contributed by atoms with Crippen LogP contribution in [0.4, 0.5) is 4.79 Å². The van der Waals surface area contributed by atoms with Crippen molar-refractivity contribution in [2.75, 3.05) is 0 Å². The Morgan fingerprint density at radius 3 is 2.54 bits per heavy atom. The van der Waals surface area contributed by atoms with E-state index in [1.54, 1.807) is 0 Å². The zero-order chi connectivity index (χ0) is 18.1. The number of carbonyl (C=O) groups is 1. The first-order chi connectivity index (χ1) is 11.1. The van der Waals surface area contributed by atoms with Crippen LogP contribution in [0.25, 0.3) is 0 Å². The largest absolute Gasteiger partial charge is 0.446 e. The molecule has 0 aromatic carbocycles. The van der Waals surface area contributed by atoms with Gasteiger partial charge in [-0.1, -0.05) is 60.8 Å². The SMILES string of the molecule is CC[C@@H](C)CC[C@H]1[C@@H](C)[C@@H](OC(N)=O)C[C@H]2C(C)(C)CCC[C@]12C. The fraction of sp³-hybridized carbons (Fsp3) is 0.952. The van der Waals surface area contributed by atoms with Crippen molar-refractivity contribution in [1.82, 2.24) is 0 Å². The van der Waals surface area contributed by atoms with Gasteiger partial charge >= 0.3 is 6.09 Å². The minimum Gasteiger partial charge on any atom is -0.446 e. The lowest BCUT2D eigenvalue weighted by molar-refractivity contribution is -0.142. The molecule has 2 saturated carbocycles. The van der Waals surface area contributed by atoms with E-state index in [1.807, 2.05) is 0 Å². The van der Waals surface area contributed by atoms with Crippen LogP contribution in [-0.4, -0.2) is 12.2 Å². The molecule has 24 heavy (non-hydrogen) atoms. The molecule has 2 fully saturated rings. The molecule has 0 aliphatic heterocycles. The Kier molecular flexibility index (Phi) is 5.92. The molecular weight excluding hydrogens is 298 g/mol. The molecule has 0 aromatic heterocycles. The number of hydrogen-bond acceptors (Lipinski definition) is 2. The number of rotatable bonds is 5. The van der Waals surface area contributed by atoms with E-state index >= 15 is 0 Å². The molecule has 2 rings (SSSR count). The Balaban J connectivity index is 2.29. The minimum atomic E-state index is -0.607. The first-order valence-electron chi connectivity index (χ1n) is 10.1. The molecule has 0 saturated heterocycles. The van der Waals surface area contributed by atoms with Crippen LogP contribution >= 0.6 is 0 Å². The Hall–Kier alpha value is -0.730. The number of hydrogen-bond donors (Lipinski definition) is 1. The summed E-state index contributed by atoms with van der Waals surface area (Å²) >= 11 is 0. The molecule has 140 valence electrons. The Morgan fingerprint density at radius 1 is 1.29 bits per heavy atom. The van der Waals surface area contributed by atoms with Gasteiger partial charge in [0.1, 0.15) is 6.10 Å². The minimum absolute atomic E-state index is 0.0140. The molecule has 0 spiro atoms. The van der Waals surface area contributed by atoms with E-state index in [4.69, 9.17) is 10.5 Å². The third-order valence-corrected chi connectivity index (χ3v) is 7.75. The molecule has 1 amide bonds. The van der Waals surface area contributed by atoms with E-state index in [-0.39, 0.29) is 6.10 Å². The fourth-order valence-electron chi connectivity index (χ4n) is 6.07. The van der Waals surface area contributed by atoms with Gasteiger partial charge in [-0.05, 0) is 60.2 Å². The molecule has 0 bridgehead atoms. The quantitative estimate of drug-likeness (QED) is 0.693. The Bertz CT molecular complexity index is 447. The van der Waals surface area contributed by atoms with Crippen molar-refractivity contribution in [2.24, 2.45) is 40.2 Å². The lowest BCUT2D eigenvalue weighted by Gasteiger charge is -2.60. The van der Waals surface area contributed by atoms with Crippen molar-refractivity contribution in [2.45, 2.75) is 92.6 Å². The Morgan fingerprint density at radius 2 is 1.96 bits per heavy atom. The molecule has 3 heteroatoms. The first-order valence-corrected chi connectivity index (χ1v) is 10.1. The van der Waals surface area contributed by atoms with Crippen molar-refractivity contribution < 1.29 is 9.53 Å². The van der Waals surface area contributed by atoms with Gasteiger partial charge in [0.2, 0.25) is 0 Å². The number of primary amides is 1. The van der Waals surface area contributed by atoms with Crippen molar-refractivity contribution in [3.63, 3.8) is 0 Å². The van der Waals surface area contributed by atoms with Gasteiger partial charge in [-0.15, -0.1) is 0 Å². The maximum atomic E-state index is 11.4. The summed E-state index contributed by atoms with van der Waals surface area (Å²) in [6.45, 7) is 14.3. The van der Waals surface area contributed by atoms with Crippen LogP contribution in [0.3, 0.4) is 0 Å². The zero-order valence-electron chi connectivity index (χ0n) is 16.7. The lowest BCUT2D eigenvalue weighted by atomic mass is 9.45. The van der Waals surface area contributed by atoms with Gasteiger partial charge in [-0.2, -0.15) is 0 Å². The third-order valence-electron chi connectivity index (χ3n) is 7.75. The van der Waals surface area contributed by atoms with E-state index in [2.05, 4.69) is 41.5 Å². The highest BCUT2D eigenvalue weighted by Crippen LogP contribution is 2.62. The molecular formula is C21H39NO2. The molecule has 2 aliphatic carbocycles. The summed E-state index contributed by atoms with van der Waals surface area (Å²) in [5.41, 5.74) is 6.07. The predicted octanol–water partition coefficient (Wildman–Crippen LogP) is 5.77. The molecule has 0 radical (unpaired) electrons. The third kappa shape index (κ3) is 3.75. The summed E-state index contributed by atoms with van der Waals surface area (Å²) in [5, 5.41) is 0. The van der Waals surface area contributed by atoms with Crippen LogP contribution in [0.1, 0.15) is 86.5 Å². The Labute approximate surface area is 149 Å². The van der Waals surface area contributed by atoms with E-state index in [0.717, 1.165) is 12.3 Å². The van der Waals surface area contributed by atoms with Gasteiger partial charge in [0.05, 0.1) is 0 Å². The van der Waals surface area contributed by atoms with Gasteiger partial charge in [0.25, 0.3) is 0 Å². The molecule has 2 aliphatic rings. The van der Waals surface area contributed by atoms with E-state index in [1.165, 1.54) is 38.5 Å². The topological polar surface area (TPSA) is 52.3 Å². The smallest absolute Gasteiger partial charge is 0.404 e. The summed E-state index contributed by atoms with van der Waals surface area (Å²) in [6, 6.07) is 0. The predicted molar refractivity (Wildman–Crippen MR) is 99.6 cm³/mol. The van der Waals surface area contributed by atoms with E-state index < -0.39 is 6.09 Å². The van der Waals surface area contributed by atoms with E-state index in [0.29, 0.717) is 28.6 Å². The van der Waals surface area contributed by atoms with Gasteiger partial charge in [0.15, 0.2) is 0 Å². The van der Waals surface area contributed by atoms with Crippen LogP contribution in [0.5, 0.6) is 0 Å². The second-order valence-electron chi connectivity index (χ2n) is 9.67. The van der Waals surface area contributed by atoms with Crippen LogP contribution < -0.4 is 5.73 Å². The maximum Gasteiger partial charge on any atom is 0.404 e. The highest BCUT2D eigenvalue weighted by Gasteiger charge is 2.56. The lowest BCUT2D eigenvalue weighted by Crippen LogP contribution is -2.56. The van der Waals surface area contributed by atoms with E-state index in [9.17, 15) is 4.79 Å². The van der Waals surface area contributed by atoms with Gasteiger partial charge in [0, 0.05) is 0 Å². The van der Waals surface area contributed by atoms with Crippen LogP contribution in [0.2, 0.25) is 0 Å². The second-order valence-corrected chi connectivity index (χ2v) is 9.67. The van der Waals surface area contributed by atoms with Crippen molar-refractivity contribution in [3.05, 3.63) is 0 Å². The normalized spacial score (nSPS) is 39.8. The summed E-state index contributed by atoms with van der Waals surface area (Å²) in [7, 11) is 0. The first kappa shape index (κ1) is 19.6. The van der Waals surface area contributed by atoms with Gasteiger partial charge in [-0.3, -0.25) is 0 Å². The van der Waals surface area contributed by atoms with Crippen LogP contribution in [-0.2, 0) is 4.74 Å². The van der Waals surface area contributed by atoms with Crippen LogP contribution in [0.15, 0.2) is 0 Å². The number of ether oxygens (including phenoxy) is 1. The van der Waals surface area contributed by atoms with Gasteiger partial charge < -0.3 is 10.5 Å². The molecule has 0 unspecified atom stereocenters. The molecule has 6 atom stereocenters. The maximum absolute atomic E-state index is 11.4. The average molecular weight is 338 g/mol. The van der Waals surface area contributed by atoms with Crippen molar-refractivity contribution in [1.29, 1.82) is 0 Å². The van der Waals surface area contributed by atoms with Crippen molar-refractivity contribution in [3.8, 4) is 0 Å². The average Bonchev–Trinajstić information content (AvgIpc) is 2.47. The summed E-state index contributed by atoms with van der Waals surface area (Å²) < 4.78 is 5.59. The van der Waals surface area contributed by atoms with Gasteiger partial charge in [-0.25, -0.2) is 4.79 Å². The molecule has 3 nitrogen and oxygen atoms in total. The summed E-state index contributed by atoms with van der Waals surface area (Å²) in [4.78, 5) is 11.4. The number of carbonyl (C=O) groups excluding carboxylic acids is 1. The summed E-state index contributed by atoms with van der Waals surface area (Å²) in [5.74, 6) is 2.40.